The molecule has 1 heterocycles. The average molecular weight is 274 g/mol. The number of aromatic nitrogens is 3. The zero-order valence-electron chi connectivity index (χ0n) is 12.6. The smallest absolute Gasteiger partial charge is 0.134 e. The molecule has 5 rings (SSSR count). The molecular weight excluding hydrogens is 248 g/mol. The lowest BCUT2D eigenvalue weighted by Crippen LogP contribution is -2.46. The summed E-state index contributed by atoms with van der Waals surface area (Å²) in [6.45, 7) is 4.17. The standard InChI is InChI=1S/C16H26N4/c1-9(17)3-15-19-18-10(2)20(15)16-13-5-11-4-12(7-13)8-14(16)6-11/h9,11-14,16H,3-8,17H2,1-2H3. The summed E-state index contributed by atoms with van der Waals surface area (Å²) >= 11 is 0. The first-order valence-electron chi connectivity index (χ1n) is 8.27. The molecule has 1 atom stereocenters. The molecule has 0 radical (unpaired) electrons. The Balaban J connectivity index is 1.69. The molecule has 4 aliphatic carbocycles. The Labute approximate surface area is 121 Å². The summed E-state index contributed by atoms with van der Waals surface area (Å²) < 4.78 is 2.47. The Kier molecular flexibility index (Phi) is 2.92. The number of aryl methyl sites for hydroxylation is 1. The van der Waals surface area contributed by atoms with Gasteiger partial charge in [0.15, 0.2) is 0 Å². The van der Waals surface area contributed by atoms with Crippen LogP contribution in [0.15, 0.2) is 0 Å². The zero-order chi connectivity index (χ0) is 13.9. The molecule has 110 valence electrons. The second-order valence-electron chi connectivity index (χ2n) is 7.64. The number of hydrogen-bond donors (Lipinski definition) is 1. The highest BCUT2D eigenvalue weighted by atomic mass is 15.3. The van der Waals surface area contributed by atoms with Crippen LogP contribution >= 0.6 is 0 Å². The first kappa shape index (κ1) is 12.8. The molecule has 0 aromatic carbocycles. The van der Waals surface area contributed by atoms with E-state index in [0.717, 1.165) is 41.7 Å². The van der Waals surface area contributed by atoms with Gasteiger partial charge in [-0.25, -0.2) is 0 Å². The van der Waals surface area contributed by atoms with E-state index in [2.05, 4.69) is 28.6 Å². The van der Waals surface area contributed by atoms with E-state index in [9.17, 15) is 0 Å². The molecule has 4 saturated carbocycles. The van der Waals surface area contributed by atoms with E-state index in [4.69, 9.17) is 5.73 Å². The Hall–Kier alpha value is -0.900. The molecule has 1 unspecified atom stereocenters. The molecule has 4 bridgehead atoms. The normalized spacial score (nSPS) is 40.2. The van der Waals surface area contributed by atoms with Gasteiger partial charge < -0.3 is 10.3 Å². The van der Waals surface area contributed by atoms with Gasteiger partial charge in [0.1, 0.15) is 11.6 Å². The monoisotopic (exact) mass is 274 g/mol. The zero-order valence-corrected chi connectivity index (χ0v) is 12.6. The summed E-state index contributed by atoms with van der Waals surface area (Å²) in [6.07, 6.45) is 8.11. The number of hydrogen-bond acceptors (Lipinski definition) is 3. The van der Waals surface area contributed by atoms with Crippen LogP contribution in [0.4, 0.5) is 0 Å². The highest BCUT2D eigenvalue weighted by Crippen LogP contribution is 2.58. The SMILES string of the molecule is Cc1nnc(CC(C)N)n1C1C2CC3CC(C2)CC1C3. The van der Waals surface area contributed by atoms with Crippen LogP contribution in [0.5, 0.6) is 0 Å². The minimum Gasteiger partial charge on any atom is -0.328 e. The predicted molar refractivity (Wildman–Crippen MR) is 78.2 cm³/mol. The summed E-state index contributed by atoms with van der Waals surface area (Å²) in [4.78, 5) is 0. The number of nitrogens with zero attached hydrogens (tertiary/aromatic N) is 3. The van der Waals surface area contributed by atoms with Gasteiger partial charge in [-0.3, -0.25) is 0 Å². The van der Waals surface area contributed by atoms with E-state index in [-0.39, 0.29) is 6.04 Å². The van der Waals surface area contributed by atoms with Gasteiger partial charge in [-0.15, -0.1) is 10.2 Å². The molecule has 4 nitrogen and oxygen atoms in total. The topological polar surface area (TPSA) is 56.7 Å². The van der Waals surface area contributed by atoms with Gasteiger partial charge in [0.25, 0.3) is 0 Å². The highest BCUT2D eigenvalue weighted by Gasteiger charge is 2.49. The van der Waals surface area contributed by atoms with Crippen molar-refractivity contribution in [1.29, 1.82) is 0 Å². The highest BCUT2D eigenvalue weighted by molar-refractivity contribution is 5.07. The van der Waals surface area contributed by atoms with Crippen molar-refractivity contribution < 1.29 is 0 Å². The molecule has 1 aromatic rings. The lowest BCUT2D eigenvalue weighted by Gasteiger charge is -2.55. The third-order valence-electron chi connectivity index (χ3n) is 5.92. The third kappa shape index (κ3) is 1.92. The van der Waals surface area contributed by atoms with Gasteiger partial charge in [-0.1, -0.05) is 0 Å². The lowest BCUT2D eigenvalue weighted by atomic mass is 9.54. The molecule has 2 N–H and O–H groups in total. The minimum atomic E-state index is 0.161. The lowest BCUT2D eigenvalue weighted by molar-refractivity contribution is -0.0309. The average Bonchev–Trinajstić information content (AvgIpc) is 2.69. The van der Waals surface area contributed by atoms with Crippen molar-refractivity contribution in [2.45, 2.75) is 64.5 Å². The number of nitrogens with two attached hydrogens (primary N) is 1. The van der Waals surface area contributed by atoms with Gasteiger partial charge in [-0.05, 0) is 69.6 Å². The van der Waals surface area contributed by atoms with Crippen molar-refractivity contribution in [1.82, 2.24) is 14.8 Å². The largest absolute Gasteiger partial charge is 0.328 e. The van der Waals surface area contributed by atoms with Crippen molar-refractivity contribution in [3.8, 4) is 0 Å². The molecule has 4 fully saturated rings. The van der Waals surface area contributed by atoms with Crippen molar-refractivity contribution in [2.24, 2.45) is 29.4 Å². The van der Waals surface area contributed by atoms with Crippen LogP contribution in [0.1, 0.15) is 56.7 Å². The summed E-state index contributed by atoms with van der Waals surface area (Å²) in [5.41, 5.74) is 6.00. The molecule has 0 aliphatic heterocycles. The fraction of sp³-hybridized carbons (Fsp3) is 0.875. The summed E-state index contributed by atoms with van der Waals surface area (Å²) in [5.74, 6) is 5.98. The number of rotatable bonds is 3. The van der Waals surface area contributed by atoms with Crippen molar-refractivity contribution in [3.63, 3.8) is 0 Å². The summed E-state index contributed by atoms with van der Waals surface area (Å²) in [7, 11) is 0. The summed E-state index contributed by atoms with van der Waals surface area (Å²) in [6, 6.07) is 0.820. The molecular formula is C16H26N4. The van der Waals surface area contributed by atoms with Crippen molar-refractivity contribution in [2.75, 3.05) is 0 Å². The van der Waals surface area contributed by atoms with Crippen LogP contribution < -0.4 is 5.73 Å². The first-order chi connectivity index (χ1) is 9.61. The van der Waals surface area contributed by atoms with Gasteiger partial charge >= 0.3 is 0 Å². The Bertz CT molecular complexity index is 477. The Morgan fingerprint density at radius 2 is 1.70 bits per heavy atom. The van der Waals surface area contributed by atoms with Crippen LogP contribution in [-0.4, -0.2) is 20.8 Å². The maximum atomic E-state index is 6.00. The molecule has 20 heavy (non-hydrogen) atoms. The van der Waals surface area contributed by atoms with Gasteiger partial charge in [0, 0.05) is 18.5 Å². The molecule has 4 heteroatoms. The van der Waals surface area contributed by atoms with Crippen LogP contribution in [0.25, 0.3) is 0 Å². The van der Waals surface area contributed by atoms with Crippen LogP contribution in [-0.2, 0) is 6.42 Å². The predicted octanol–water partition coefficient (Wildman–Crippen LogP) is 2.47. The van der Waals surface area contributed by atoms with Crippen LogP contribution in [0, 0.1) is 30.6 Å². The van der Waals surface area contributed by atoms with Gasteiger partial charge in [0.05, 0.1) is 0 Å². The minimum absolute atomic E-state index is 0.161. The van der Waals surface area contributed by atoms with Crippen LogP contribution in [0.2, 0.25) is 0 Å². The maximum Gasteiger partial charge on any atom is 0.134 e. The fourth-order valence-electron chi connectivity index (χ4n) is 5.55. The molecule has 0 spiro atoms. The molecule has 4 aliphatic rings. The third-order valence-corrected chi connectivity index (χ3v) is 5.92. The molecule has 0 saturated heterocycles. The maximum absolute atomic E-state index is 6.00. The van der Waals surface area contributed by atoms with Gasteiger partial charge in [-0.2, -0.15) is 0 Å². The van der Waals surface area contributed by atoms with E-state index >= 15 is 0 Å². The van der Waals surface area contributed by atoms with E-state index in [1.165, 1.54) is 32.1 Å². The second-order valence-corrected chi connectivity index (χ2v) is 7.64. The summed E-state index contributed by atoms with van der Waals surface area (Å²) in [5, 5.41) is 8.78. The van der Waals surface area contributed by atoms with Gasteiger partial charge in [0.2, 0.25) is 0 Å². The van der Waals surface area contributed by atoms with Crippen molar-refractivity contribution >= 4 is 0 Å². The Morgan fingerprint density at radius 3 is 2.25 bits per heavy atom. The van der Waals surface area contributed by atoms with E-state index in [0.29, 0.717) is 6.04 Å². The van der Waals surface area contributed by atoms with E-state index in [1.807, 2.05) is 0 Å². The Morgan fingerprint density at radius 1 is 1.10 bits per heavy atom. The van der Waals surface area contributed by atoms with Crippen molar-refractivity contribution in [3.05, 3.63) is 11.6 Å². The molecule has 1 aromatic heterocycles. The second kappa shape index (κ2) is 4.55. The first-order valence-corrected chi connectivity index (χ1v) is 8.27. The quantitative estimate of drug-likeness (QED) is 0.921. The van der Waals surface area contributed by atoms with Crippen LogP contribution in [0.3, 0.4) is 0 Å². The van der Waals surface area contributed by atoms with E-state index < -0.39 is 0 Å². The molecule has 0 amide bonds. The van der Waals surface area contributed by atoms with E-state index in [1.54, 1.807) is 0 Å². The fourth-order valence-corrected chi connectivity index (χ4v) is 5.55.